The first-order valence-corrected chi connectivity index (χ1v) is 7.54. The van der Waals surface area contributed by atoms with Crippen molar-refractivity contribution in [3.05, 3.63) is 68.9 Å². The predicted molar refractivity (Wildman–Crippen MR) is 84.1 cm³/mol. The van der Waals surface area contributed by atoms with Gasteiger partial charge >= 0.3 is 5.97 Å². The number of carboxylic acids is 1. The summed E-state index contributed by atoms with van der Waals surface area (Å²) in [6, 6.07) is 11.7. The van der Waals surface area contributed by atoms with Crippen molar-refractivity contribution in [2.75, 3.05) is 0 Å². The number of aliphatic carboxylic acids is 1. The molecule has 2 nitrogen and oxygen atoms in total. The average molecular weight is 372 g/mol. The molecule has 2 aromatic rings. The molecule has 110 valence electrons. The lowest BCUT2D eigenvalue weighted by Gasteiger charge is -2.13. The summed E-state index contributed by atoms with van der Waals surface area (Å²) >= 11 is 9.03. The number of benzene rings is 2. The summed E-state index contributed by atoms with van der Waals surface area (Å²) in [7, 11) is 0. The zero-order valence-corrected chi connectivity index (χ0v) is 13.4. The highest BCUT2D eigenvalue weighted by atomic mass is 79.9. The Morgan fingerprint density at radius 1 is 1.19 bits per heavy atom. The van der Waals surface area contributed by atoms with Gasteiger partial charge in [0.25, 0.3) is 0 Å². The second-order valence-corrected chi connectivity index (χ2v) is 6.16. The molecule has 5 heteroatoms. The van der Waals surface area contributed by atoms with Crippen LogP contribution in [0.5, 0.6) is 0 Å². The molecule has 0 fully saturated rings. The van der Waals surface area contributed by atoms with Gasteiger partial charge in [0.15, 0.2) is 0 Å². The Hall–Kier alpha value is -1.39. The van der Waals surface area contributed by atoms with Gasteiger partial charge in [0.1, 0.15) is 5.82 Å². The maximum Gasteiger partial charge on any atom is 0.307 e. The maximum absolute atomic E-state index is 13.8. The van der Waals surface area contributed by atoms with Gasteiger partial charge in [-0.15, -0.1) is 0 Å². The second kappa shape index (κ2) is 7.05. The highest BCUT2D eigenvalue weighted by Gasteiger charge is 2.20. The summed E-state index contributed by atoms with van der Waals surface area (Å²) in [6.07, 6.45) is 0.485. The molecule has 1 atom stereocenters. The van der Waals surface area contributed by atoms with E-state index < -0.39 is 17.7 Å². The summed E-state index contributed by atoms with van der Waals surface area (Å²) in [5, 5.41) is 9.64. The van der Waals surface area contributed by atoms with E-state index >= 15 is 0 Å². The molecule has 0 radical (unpaired) electrons. The molecule has 0 heterocycles. The fourth-order valence-electron chi connectivity index (χ4n) is 2.10. The molecular weight excluding hydrogens is 359 g/mol. The summed E-state index contributed by atoms with van der Waals surface area (Å²) in [6.45, 7) is 0. The number of hydrogen-bond donors (Lipinski definition) is 1. The van der Waals surface area contributed by atoms with Gasteiger partial charge < -0.3 is 5.11 Å². The van der Waals surface area contributed by atoms with Crippen LogP contribution < -0.4 is 0 Å². The first-order valence-electron chi connectivity index (χ1n) is 6.37. The van der Waals surface area contributed by atoms with E-state index in [1.54, 1.807) is 6.07 Å². The molecule has 0 aliphatic rings. The van der Waals surface area contributed by atoms with E-state index in [1.807, 2.05) is 24.3 Å². The molecule has 0 bridgehead atoms. The normalized spacial score (nSPS) is 12.1. The zero-order chi connectivity index (χ0) is 15.4. The third-order valence-electron chi connectivity index (χ3n) is 3.23. The van der Waals surface area contributed by atoms with Crippen molar-refractivity contribution in [1.29, 1.82) is 0 Å². The second-order valence-electron chi connectivity index (χ2n) is 4.81. The Morgan fingerprint density at radius 3 is 2.43 bits per heavy atom. The van der Waals surface area contributed by atoms with Crippen LogP contribution in [0.2, 0.25) is 5.02 Å². The van der Waals surface area contributed by atoms with Crippen molar-refractivity contribution < 1.29 is 14.3 Å². The van der Waals surface area contributed by atoms with E-state index in [9.17, 15) is 14.3 Å². The van der Waals surface area contributed by atoms with Crippen molar-refractivity contribution in [3.63, 3.8) is 0 Å². The van der Waals surface area contributed by atoms with Crippen molar-refractivity contribution >= 4 is 33.5 Å². The van der Waals surface area contributed by atoms with Crippen LogP contribution in [0.4, 0.5) is 4.39 Å². The molecule has 2 aromatic carbocycles. The van der Waals surface area contributed by atoms with E-state index in [0.29, 0.717) is 17.0 Å². The third kappa shape index (κ3) is 4.55. The monoisotopic (exact) mass is 370 g/mol. The number of carboxylic acid groups (broad SMARTS) is 1. The lowest BCUT2D eigenvalue weighted by molar-refractivity contribution is -0.141. The minimum Gasteiger partial charge on any atom is -0.481 e. The number of hydrogen-bond acceptors (Lipinski definition) is 1. The van der Waals surface area contributed by atoms with Crippen LogP contribution in [-0.4, -0.2) is 11.1 Å². The fourth-order valence-corrected chi connectivity index (χ4v) is 2.53. The molecule has 0 spiro atoms. The lowest BCUT2D eigenvalue weighted by atomic mass is 9.92. The Balaban J connectivity index is 2.15. The Kier molecular flexibility index (Phi) is 5.37. The van der Waals surface area contributed by atoms with Crippen LogP contribution in [0, 0.1) is 11.7 Å². The van der Waals surface area contributed by atoms with Crippen molar-refractivity contribution in [1.82, 2.24) is 0 Å². The zero-order valence-electron chi connectivity index (χ0n) is 11.0. The molecule has 0 aromatic heterocycles. The highest BCUT2D eigenvalue weighted by Crippen LogP contribution is 2.21. The fraction of sp³-hybridized carbons (Fsp3) is 0.188. The van der Waals surface area contributed by atoms with Crippen molar-refractivity contribution in [2.45, 2.75) is 12.8 Å². The standard InChI is InChI=1S/C16H13BrClFO2/c17-13-4-1-10(2-5-13)7-12(16(20)21)8-11-3-6-14(18)9-15(11)19/h1-6,9,12H,7-8H2,(H,20,21). The van der Waals surface area contributed by atoms with Gasteiger partial charge in [-0.25, -0.2) is 4.39 Å². The van der Waals surface area contributed by atoms with E-state index in [2.05, 4.69) is 15.9 Å². The number of carbonyl (C=O) groups is 1. The smallest absolute Gasteiger partial charge is 0.307 e. The first-order chi connectivity index (χ1) is 9.95. The van der Waals surface area contributed by atoms with E-state index in [1.165, 1.54) is 12.1 Å². The highest BCUT2D eigenvalue weighted by molar-refractivity contribution is 9.10. The molecule has 0 amide bonds. The molecule has 0 saturated carbocycles. The van der Waals surface area contributed by atoms with E-state index in [4.69, 9.17) is 11.6 Å². The van der Waals surface area contributed by atoms with Gasteiger partial charge in [-0.1, -0.05) is 45.7 Å². The van der Waals surface area contributed by atoms with Crippen LogP contribution in [-0.2, 0) is 17.6 Å². The molecular formula is C16H13BrClFO2. The SMILES string of the molecule is O=C(O)C(Cc1ccc(Br)cc1)Cc1ccc(Cl)cc1F. The summed E-state index contributed by atoms with van der Waals surface area (Å²) < 4.78 is 14.7. The third-order valence-corrected chi connectivity index (χ3v) is 3.99. The predicted octanol–water partition coefficient (Wildman–Crippen LogP) is 4.73. The molecule has 0 aliphatic heterocycles. The largest absolute Gasteiger partial charge is 0.481 e. The number of rotatable bonds is 5. The average Bonchev–Trinajstić information content (AvgIpc) is 2.43. The summed E-state index contributed by atoms with van der Waals surface area (Å²) in [5.74, 6) is -2.08. The van der Waals surface area contributed by atoms with Gasteiger partial charge in [0.2, 0.25) is 0 Å². The van der Waals surface area contributed by atoms with Gasteiger partial charge in [0.05, 0.1) is 5.92 Å². The van der Waals surface area contributed by atoms with Gasteiger partial charge in [-0.3, -0.25) is 4.79 Å². The summed E-state index contributed by atoms with van der Waals surface area (Å²) in [4.78, 5) is 11.4. The van der Waals surface area contributed by atoms with Crippen LogP contribution in [0.25, 0.3) is 0 Å². The van der Waals surface area contributed by atoms with Crippen molar-refractivity contribution in [2.24, 2.45) is 5.92 Å². The molecule has 1 unspecified atom stereocenters. The quantitative estimate of drug-likeness (QED) is 0.825. The Labute approximate surface area is 135 Å². The van der Waals surface area contributed by atoms with Gasteiger partial charge in [-0.2, -0.15) is 0 Å². The molecule has 21 heavy (non-hydrogen) atoms. The molecule has 0 saturated heterocycles. The summed E-state index contributed by atoms with van der Waals surface area (Å²) in [5.41, 5.74) is 1.27. The van der Waals surface area contributed by atoms with Gasteiger partial charge in [0, 0.05) is 9.50 Å². The van der Waals surface area contributed by atoms with Crippen LogP contribution >= 0.6 is 27.5 Å². The molecule has 1 N–H and O–H groups in total. The molecule has 2 rings (SSSR count). The van der Waals surface area contributed by atoms with Crippen LogP contribution in [0.3, 0.4) is 0 Å². The number of halogens is 3. The van der Waals surface area contributed by atoms with Crippen molar-refractivity contribution in [3.8, 4) is 0 Å². The Bertz CT molecular complexity index is 643. The lowest BCUT2D eigenvalue weighted by Crippen LogP contribution is -2.19. The van der Waals surface area contributed by atoms with E-state index in [0.717, 1.165) is 10.0 Å². The topological polar surface area (TPSA) is 37.3 Å². The van der Waals surface area contributed by atoms with E-state index in [-0.39, 0.29) is 6.42 Å². The minimum atomic E-state index is -0.938. The van der Waals surface area contributed by atoms with Crippen LogP contribution in [0.15, 0.2) is 46.9 Å². The maximum atomic E-state index is 13.8. The minimum absolute atomic E-state index is 0.133. The first kappa shape index (κ1) is 16.0. The molecule has 0 aliphatic carbocycles. The van der Waals surface area contributed by atoms with Gasteiger partial charge in [-0.05, 0) is 48.2 Å². The van der Waals surface area contributed by atoms with Crippen LogP contribution in [0.1, 0.15) is 11.1 Å². The Morgan fingerprint density at radius 2 is 1.86 bits per heavy atom.